The van der Waals surface area contributed by atoms with Crippen LogP contribution in [0.3, 0.4) is 0 Å². The highest BCUT2D eigenvalue weighted by molar-refractivity contribution is 6.07. The first-order chi connectivity index (χ1) is 16.5. The lowest BCUT2D eigenvalue weighted by molar-refractivity contribution is 0.0993. The maximum atomic E-state index is 13.3. The van der Waals surface area contributed by atoms with E-state index < -0.39 is 0 Å². The van der Waals surface area contributed by atoms with Crippen molar-refractivity contribution in [3.63, 3.8) is 0 Å². The highest BCUT2D eigenvalue weighted by atomic mass is 16.2. The molecular formula is C28H23N5O. The van der Waals surface area contributed by atoms with Crippen molar-refractivity contribution >= 4 is 22.6 Å². The molecule has 166 valence electrons. The first-order valence-electron chi connectivity index (χ1n) is 11.0. The Labute approximate surface area is 198 Å². The number of anilines is 1. The van der Waals surface area contributed by atoms with E-state index in [1.54, 1.807) is 36.5 Å². The van der Waals surface area contributed by atoms with E-state index >= 15 is 0 Å². The summed E-state index contributed by atoms with van der Waals surface area (Å²) >= 11 is 0. The summed E-state index contributed by atoms with van der Waals surface area (Å²) in [5.41, 5.74) is 7.72. The monoisotopic (exact) mass is 445 g/mol. The van der Waals surface area contributed by atoms with Crippen LogP contribution in [0.4, 0.5) is 5.69 Å². The fraction of sp³-hybridized carbons (Fsp3) is 0.107. The van der Waals surface area contributed by atoms with E-state index in [0.29, 0.717) is 39.4 Å². The van der Waals surface area contributed by atoms with Gasteiger partial charge in [0.2, 0.25) is 0 Å². The molecule has 0 atom stereocenters. The molecule has 0 N–H and O–H groups in total. The lowest BCUT2D eigenvalue weighted by atomic mass is 10.1. The molecule has 0 aliphatic heterocycles. The predicted octanol–water partition coefficient (Wildman–Crippen LogP) is 5.65. The lowest BCUT2D eigenvalue weighted by Gasteiger charge is -2.19. The van der Waals surface area contributed by atoms with Gasteiger partial charge in [-0.2, -0.15) is 0 Å². The standard InChI is InChI=1S/C28H23N5O/c1-18-10-12-21(16-19(18)2)33(3)28(34)20-11-13-22-25(17-20)32-27(24-9-5-7-15-30-24)26(31-22)23-8-4-6-14-29-23/h4-17H,1-3H3. The van der Waals surface area contributed by atoms with Crippen LogP contribution in [-0.4, -0.2) is 32.9 Å². The Morgan fingerprint density at radius 3 is 1.94 bits per heavy atom. The molecule has 2 aromatic carbocycles. The van der Waals surface area contributed by atoms with Crippen LogP contribution in [0.15, 0.2) is 85.2 Å². The van der Waals surface area contributed by atoms with Crippen molar-refractivity contribution in [1.29, 1.82) is 0 Å². The van der Waals surface area contributed by atoms with Crippen molar-refractivity contribution in [3.05, 3.63) is 102 Å². The Morgan fingerprint density at radius 2 is 1.35 bits per heavy atom. The average Bonchev–Trinajstić information content (AvgIpc) is 2.89. The number of aryl methyl sites for hydroxylation is 2. The van der Waals surface area contributed by atoms with Crippen LogP contribution in [0.5, 0.6) is 0 Å². The number of hydrogen-bond acceptors (Lipinski definition) is 5. The summed E-state index contributed by atoms with van der Waals surface area (Å²) in [6.45, 7) is 4.10. The number of rotatable bonds is 4. The first-order valence-corrected chi connectivity index (χ1v) is 11.0. The molecule has 6 heteroatoms. The van der Waals surface area contributed by atoms with Gasteiger partial charge in [0.05, 0.1) is 22.4 Å². The van der Waals surface area contributed by atoms with Crippen LogP contribution in [0.25, 0.3) is 33.8 Å². The van der Waals surface area contributed by atoms with Gasteiger partial charge in [0, 0.05) is 30.7 Å². The van der Waals surface area contributed by atoms with E-state index in [1.165, 1.54) is 5.56 Å². The average molecular weight is 446 g/mol. The number of fused-ring (bicyclic) bond motifs is 1. The number of aromatic nitrogens is 4. The number of carbonyl (C=O) groups is 1. The lowest BCUT2D eigenvalue weighted by Crippen LogP contribution is -2.26. The Hall–Kier alpha value is -4.45. The number of amides is 1. The van der Waals surface area contributed by atoms with Gasteiger partial charge >= 0.3 is 0 Å². The normalized spacial score (nSPS) is 10.9. The Kier molecular flexibility index (Phi) is 5.55. The molecule has 0 aliphatic carbocycles. The molecule has 0 saturated heterocycles. The Balaban J connectivity index is 1.60. The van der Waals surface area contributed by atoms with Gasteiger partial charge in [-0.3, -0.25) is 14.8 Å². The van der Waals surface area contributed by atoms with E-state index in [4.69, 9.17) is 9.97 Å². The Morgan fingerprint density at radius 1 is 0.706 bits per heavy atom. The molecule has 0 unspecified atom stereocenters. The molecule has 1 amide bonds. The van der Waals surface area contributed by atoms with Crippen molar-refractivity contribution in [2.24, 2.45) is 0 Å². The zero-order valence-electron chi connectivity index (χ0n) is 19.2. The van der Waals surface area contributed by atoms with Crippen molar-refractivity contribution in [1.82, 2.24) is 19.9 Å². The smallest absolute Gasteiger partial charge is 0.258 e. The predicted molar refractivity (Wildman–Crippen MR) is 135 cm³/mol. The van der Waals surface area contributed by atoms with Gasteiger partial charge in [-0.1, -0.05) is 18.2 Å². The fourth-order valence-corrected chi connectivity index (χ4v) is 3.80. The van der Waals surface area contributed by atoms with E-state index in [1.807, 2.05) is 67.6 Å². The third-order valence-corrected chi connectivity index (χ3v) is 5.91. The number of pyridine rings is 2. The van der Waals surface area contributed by atoms with Crippen LogP contribution >= 0.6 is 0 Å². The molecule has 0 aliphatic rings. The first kappa shape index (κ1) is 21.4. The molecule has 5 rings (SSSR count). The van der Waals surface area contributed by atoms with Crippen molar-refractivity contribution in [2.75, 3.05) is 11.9 Å². The van der Waals surface area contributed by atoms with Gasteiger partial charge in [0.25, 0.3) is 5.91 Å². The second kappa shape index (κ2) is 8.83. The molecular weight excluding hydrogens is 422 g/mol. The van der Waals surface area contributed by atoms with E-state index in [0.717, 1.165) is 11.3 Å². The third-order valence-electron chi connectivity index (χ3n) is 5.91. The molecule has 34 heavy (non-hydrogen) atoms. The van der Waals surface area contributed by atoms with Crippen LogP contribution in [0, 0.1) is 13.8 Å². The molecule has 3 aromatic heterocycles. The van der Waals surface area contributed by atoms with E-state index in [-0.39, 0.29) is 5.91 Å². The van der Waals surface area contributed by atoms with Gasteiger partial charge in [-0.15, -0.1) is 0 Å². The van der Waals surface area contributed by atoms with Crippen molar-refractivity contribution < 1.29 is 4.79 Å². The Bertz CT molecular complexity index is 1500. The van der Waals surface area contributed by atoms with Crippen LogP contribution in [0.2, 0.25) is 0 Å². The number of hydrogen-bond donors (Lipinski definition) is 0. The van der Waals surface area contributed by atoms with Crippen LogP contribution < -0.4 is 4.90 Å². The summed E-state index contributed by atoms with van der Waals surface area (Å²) in [6, 6.07) is 22.8. The minimum atomic E-state index is -0.111. The summed E-state index contributed by atoms with van der Waals surface area (Å²) in [4.78, 5) is 33.6. The second-order valence-corrected chi connectivity index (χ2v) is 8.19. The molecule has 5 aromatic rings. The van der Waals surface area contributed by atoms with Crippen LogP contribution in [0.1, 0.15) is 21.5 Å². The van der Waals surface area contributed by atoms with Gasteiger partial charge in [0.15, 0.2) is 0 Å². The fourth-order valence-electron chi connectivity index (χ4n) is 3.80. The second-order valence-electron chi connectivity index (χ2n) is 8.19. The van der Waals surface area contributed by atoms with Crippen LogP contribution in [-0.2, 0) is 0 Å². The molecule has 0 fully saturated rings. The molecule has 0 radical (unpaired) electrons. The number of benzene rings is 2. The summed E-state index contributed by atoms with van der Waals surface area (Å²) in [6.07, 6.45) is 3.45. The highest BCUT2D eigenvalue weighted by Crippen LogP contribution is 2.29. The summed E-state index contributed by atoms with van der Waals surface area (Å²) in [7, 11) is 1.78. The van der Waals surface area contributed by atoms with Crippen molar-refractivity contribution in [3.8, 4) is 22.8 Å². The SMILES string of the molecule is Cc1ccc(N(C)C(=O)c2ccc3nc(-c4ccccn4)c(-c4ccccn4)nc3c2)cc1C. The minimum absolute atomic E-state index is 0.111. The minimum Gasteiger partial charge on any atom is -0.311 e. The van der Waals surface area contributed by atoms with Gasteiger partial charge in [-0.05, 0) is 79.6 Å². The maximum Gasteiger partial charge on any atom is 0.258 e. The quantitative estimate of drug-likeness (QED) is 0.358. The summed E-state index contributed by atoms with van der Waals surface area (Å²) in [5, 5.41) is 0. The number of nitrogens with zero attached hydrogens (tertiary/aromatic N) is 5. The third kappa shape index (κ3) is 4.01. The number of carbonyl (C=O) groups excluding carboxylic acids is 1. The van der Waals surface area contributed by atoms with Gasteiger partial charge < -0.3 is 4.90 Å². The summed E-state index contributed by atoms with van der Waals surface area (Å²) < 4.78 is 0. The van der Waals surface area contributed by atoms with E-state index in [9.17, 15) is 4.79 Å². The maximum absolute atomic E-state index is 13.3. The van der Waals surface area contributed by atoms with Gasteiger partial charge in [0.1, 0.15) is 11.4 Å². The van der Waals surface area contributed by atoms with Gasteiger partial charge in [-0.25, -0.2) is 9.97 Å². The largest absolute Gasteiger partial charge is 0.311 e. The van der Waals surface area contributed by atoms with E-state index in [2.05, 4.69) is 16.9 Å². The molecule has 0 bridgehead atoms. The van der Waals surface area contributed by atoms with Crippen molar-refractivity contribution in [2.45, 2.75) is 13.8 Å². The zero-order chi connectivity index (χ0) is 23.7. The molecule has 0 saturated carbocycles. The zero-order valence-corrected chi connectivity index (χ0v) is 19.2. The molecule has 6 nitrogen and oxygen atoms in total. The molecule has 3 heterocycles. The highest BCUT2D eigenvalue weighted by Gasteiger charge is 2.18. The topological polar surface area (TPSA) is 71.9 Å². The summed E-state index contributed by atoms with van der Waals surface area (Å²) in [5.74, 6) is -0.111. The molecule has 0 spiro atoms.